The minimum Gasteiger partial charge on any atom is -0.457 e. The topological polar surface area (TPSA) is 85.2 Å². The number of benzene rings is 3. The van der Waals surface area contributed by atoms with Gasteiger partial charge in [-0.2, -0.15) is 0 Å². The van der Waals surface area contributed by atoms with E-state index in [1.54, 1.807) is 20.0 Å². The number of aromatic nitrogens is 2. The van der Waals surface area contributed by atoms with Crippen molar-refractivity contribution in [1.82, 2.24) is 14.9 Å². The van der Waals surface area contributed by atoms with Gasteiger partial charge in [-0.15, -0.1) is 0 Å². The number of amides is 1. The fraction of sp³-hybridized carbons (Fsp3) is 0.179. The van der Waals surface area contributed by atoms with Crippen LogP contribution in [0.1, 0.15) is 18.1 Å². The highest BCUT2D eigenvalue weighted by Crippen LogP contribution is 2.26. The maximum Gasteiger partial charge on any atom is 0.277 e. The minimum absolute atomic E-state index is 0.00335. The number of halogens is 2. The van der Waals surface area contributed by atoms with Crippen LogP contribution >= 0.6 is 0 Å². The van der Waals surface area contributed by atoms with Gasteiger partial charge in [-0.05, 0) is 68.4 Å². The van der Waals surface area contributed by atoms with E-state index < -0.39 is 29.1 Å². The molecule has 1 amide bonds. The molecule has 0 saturated heterocycles. The summed E-state index contributed by atoms with van der Waals surface area (Å²) in [5.74, 6) is -0.488. The number of ether oxygens (including phenoxy) is 1. The summed E-state index contributed by atoms with van der Waals surface area (Å²) >= 11 is 0. The third-order valence-corrected chi connectivity index (χ3v) is 5.84. The van der Waals surface area contributed by atoms with E-state index in [4.69, 9.17) is 4.74 Å². The second-order valence-corrected chi connectivity index (χ2v) is 8.55. The highest BCUT2D eigenvalue weighted by molar-refractivity contribution is 5.94. The van der Waals surface area contributed by atoms with Crippen molar-refractivity contribution in [2.75, 3.05) is 12.4 Å². The zero-order valence-electron chi connectivity index (χ0n) is 20.6. The lowest BCUT2D eigenvalue weighted by Crippen LogP contribution is -2.38. The average Bonchev–Trinajstić information content (AvgIpc) is 2.87. The molecule has 4 aromatic rings. The zero-order chi connectivity index (χ0) is 26.5. The highest BCUT2D eigenvalue weighted by atomic mass is 19.1. The highest BCUT2D eigenvalue weighted by Gasteiger charge is 2.18. The first-order valence-corrected chi connectivity index (χ1v) is 11.6. The minimum atomic E-state index is -0.569. The van der Waals surface area contributed by atoms with Crippen LogP contribution in [0.15, 0.2) is 77.7 Å². The number of rotatable bonds is 8. The molecule has 37 heavy (non-hydrogen) atoms. The summed E-state index contributed by atoms with van der Waals surface area (Å²) < 4.78 is 34.9. The van der Waals surface area contributed by atoms with E-state index in [1.807, 2.05) is 31.2 Å². The maximum atomic E-state index is 14.6. The maximum absolute atomic E-state index is 14.6. The summed E-state index contributed by atoms with van der Waals surface area (Å²) in [5.41, 5.74) is 1.56. The predicted octanol–water partition coefficient (Wildman–Crippen LogP) is 4.88. The first-order chi connectivity index (χ1) is 17.7. The van der Waals surface area contributed by atoms with E-state index in [0.717, 1.165) is 11.1 Å². The Morgan fingerprint density at radius 3 is 2.46 bits per heavy atom. The Hall–Kier alpha value is -4.37. The molecule has 0 spiro atoms. The molecule has 3 aromatic carbocycles. The van der Waals surface area contributed by atoms with Crippen molar-refractivity contribution in [2.45, 2.75) is 26.4 Å². The average molecular weight is 505 g/mol. The van der Waals surface area contributed by atoms with Gasteiger partial charge in [0.15, 0.2) is 0 Å². The lowest BCUT2D eigenvalue weighted by atomic mass is 10.1. The Labute approximate surface area is 212 Å². The fourth-order valence-electron chi connectivity index (χ4n) is 3.73. The summed E-state index contributed by atoms with van der Waals surface area (Å²) in [4.78, 5) is 30.5. The normalized spacial score (nSPS) is 11.7. The molecule has 0 saturated carbocycles. The van der Waals surface area contributed by atoms with E-state index in [-0.39, 0.29) is 18.0 Å². The Kier molecular flexibility index (Phi) is 7.74. The molecular formula is C28H26F2N4O3. The fourth-order valence-corrected chi connectivity index (χ4v) is 3.73. The van der Waals surface area contributed by atoms with Crippen LogP contribution < -0.4 is 20.9 Å². The molecular weight excluding hydrogens is 478 g/mol. The first-order valence-electron chi connectivity index (χ1n) is 11.6. The smallest absolute Gasteiger partial charge is 0.277 e. The number of anilines is 1. The van der Waals surface area contributed by atoms with Crippen molar-refractivity contribution in [3.05, 3.63) is 106 Å². The molecule has 0 aliphatic heterocycles. The zero-order valence-corrected chi connectivity index (χ0v) is 20.6. The van der Waals surface area contributed by atoms with Crippen LogP contribution in [0.2, 0.25) is 0 Å². The van der Waals surface area contributed by atoms with Crippen molar-refractivity contribution >= 4 is 11.6 Å². The first kappa shape index (κ1) is 25.7. The molecule has 7 nitrogen and oxygen atoms in total. The van der Waals surface area contributed by atoms with E-state index in [1.165, 1.54) is 47.2 Å². The van der Waals surface area contributed by atoms with Crippen LogP contribution in [0.4, 0.5) is 14.5 Å². The van der Waals surface area contributed by atoms with Gasteiger partial charge >= 0.3 is 0 Å². The Balaban J connectivity index is 1.76. The summed E-state index contributed by atoms with van der Waals surface area (Å²) in [6.07, 6.45) is 1.33. The van der Waals surface area contributed by atoms with Gasteiger partial charge in [0.05, 0.1) is 18.8 Å². The van der Waals surface area contributed by atoms with Crippen LogP contribution in [0.3, 0.4) is 0 Å². The predicted molar refractivity (Wildman–Crippen MR) is 138 cm³/mol. The largest absolute Gasteiger partial charge is 0.457 e. The molecule has 0 bridgehead atoms. The van der Waals surface area contributed by atoms with Crippen LogP contribution in [-0.2, 0) is 11.3 Å². The molecule has 190 valence electrons. The van der Waals surface area contributed by atoms with Gasteiger partial charge in [0.1, 0.15) is 34.6 Å². The number of carbonyl (C=O) groups is 1. The van der Waals surface area contributed by atoms with Gasteiger partial charge in [0, 0.05) is 11.6 Å². The van der Waals surface area contributed by atoms with Crippen molar-refractivity contribution in [1.29, 1.82) is 0 Å². The number of hydrogen-bond donors (Lipinski definition) is 2. The Morgan fingerprint density at radius 2 is 1.76 bits per heavy atom. The number of nitrogens with zero attached hydrogens (tertiary/aromatic N) is 2. The molecule has 4 rings (SSSR count). The van der Waals surface area contributed by atoms with E-state index in [9.17, 15) is 18.4 Å². The Morgan fingerprint density at radius 1 is 1.03 bits per heavy atom. The molecule has 1 unspecified atom stereocenters. The molecule has 0 aliphatic rings. The quantitative estimate of drug-likeness (QED) is 0.357. The van der Waals surface area contributed by atoms with Crippen LogP contribution in [0.25, 0.3) is 11.4 Å². The molecule has 2 N–H and O–H groups in total. The number of nitrogens with one attached hydrogen (secondary N) is 2. The number of aryl methyl sites for hydroxylation is 1. The molecule has 1 aromatic heterocycles. The molecule has 1 heterocycles. The molecule has 1 atom stereocenters. The van der Waals surface area contributed by atoms with Crippen molar-refractivity contribution in [2.24, 2.45) is 0 Å². The van der Waals surface area contributed by atoms with Crippen LogP contribution in [-0.4, -0.2) is 28.5 Å². The standard InChI is InChI=1S/C28H26F2N4O3/c1-17-6-4-5-7-24(17)26-32-15-25(33-27(35)18(2)31-3)28(36)34(26)16-19-12-21(30)14-23(13-19)37-22-10-8-20(29)9-11-22/h4-15,18,31H,16H2,1-3H3,(H,33,35). The van der Waals surface area contributed by atoms with Gasteiger partial charge in [-0.1, -0.05) is 24.3 Å². The van der Waals surface area contributed by atoms with Gasteiger partial charge in [-0.25, -0.2) is 13.8 Å². The lowest BCUT2D eigenvalue weighted by molar-refractivity contribution is -0.117. The van der Waals surface area contributed by atoms with Crippen LogP contribution in [0, 0.1) is 18.6 Å². The Bertz CT molecular complexity index is 1490. The van der Waals surface area contributed by atoms with E-state index in [0.29, 0.717) is 17.1 Å². The molecule has 0 aliphatic carbocycles. The molecule has 9 heteroatoms. The summed E-state index contributed by atoms with van der Waals surface area (Å²) in [7, 11) is 1.64. The lowest BCUT2D eigenvalue weighted by Gasteiger charge is -2.17. The van der Waals surface area contributed by atoms with Crippen LogP contribution in [0.5, 0.6) is 11.5 Å². The van der Waals surface area contributed by atoms with E-state index in [2.05, 4.69) is 15.6 Å². The van der Waals surface area contributed by atoms with Crippen molar-refractivity contribution in [3.63, 3.8) is 0 Å². The van der Waals surface area contributed by atoms with Crippen molar-refractivity contribution in [3.8, 4) is 22.9 Å². The summed E-state index contributed by atoms with van der Waals surface area (Å²) in [5, 5.41) is 5.44. The third-order valence-electron chi connectivity index (χ3n) is 5.84. The molecule has 0 fully saturated rings. The van der Waals surface area contributed by atoms with Gasteiger partial charge in [0.25, 0.3) is 5.56 Å². The summed E-state index contributed by atoms with van der Waals surface area (Å²) in [6.45, 7) is 3.52. The number of hydrogen-bond acceptors (Lipinski definition) is 5. The van der Waals surface area contributed by atoms with Gasteiger partial charge in [-0.3, -0.25) is 14.2 Å². The van der Waals surface area contributed by atoms with E-state index >= 15 is 0 Å². The monoisotopic (exact) mass is 504 g/mol. The summed E-state index contributed by atoms with van der Waals surface area (Å²) in [6, 6.07) is 16.3. The second-order valence-electron chi connectivity index (χ2n) is 8.55. The van der Waals surface area contributed by atoms with Gasteiger partial charge in [0.2, 0.25) is 5.91 Å². The molecule has 0 radical (unpaired) electrons. The third kappa shape index (κ3) is 6.07. The number of likely N-dealkylation sites (N-methyl/N-ethyl adjacent to an activating group) is 1. The SMILES string of the molecule is CNC(C)C(=O)Nc1cnc(-c2ccccc2C)n(Cc2cc(F)cc(Oc3ccc(F)cc3)c2)c1=O. The van der Waals surface area contributed by atoms with Crippen molar-refractivity contribution < 1.29 is 18.3 Å². The second kappa shape index (κ2) is 11.1. The number of carbonyl (C=O) groups excluding carboxylic acids is 1. The van der Waals surface area contributed by atoms with Gasteiger partial charge < -0.3 is 15.4 Å².